The molecule has 0 saturated carbocycles. The first-order valence-corrected chi connectivity index (χ1v) is 6.98. The van der Waals surface area contributed by atoms with Crippen LogP contribution in [0.15, 0.2) is 53.6 Å². The molecule has 0 aromatic heterocycles. The van der Waals surface area contributed by atoms with Crippen LogP contribution in [0, 0.1) is 15.9 Å². The second-order valence-electron chi connectivity index (χ2n) is 4.57. The number of hydrogen-bond donors (Lipinski definition) is 2. The van der Waals surface area contributed by atoms with Crippen LogP contribution in [0.4, 0.5) is 15.8 Å². The van der Waals surface area contributed by atoms with Crippen LogP contribution < -0.4 is 10.7 Å². The molecule has 0 saturated heterocycles. The van der Waals surface area contributed by atoms with Gasteiger partial charge in [0.2, 0.25) is 0 Å². The molecule has 0 aliphatic heterocycles. The summed E-state index contributed by atoms with van der Waals surface area (Å²) in [6, 6.07) is 11.8. The highest BCUT2D eigenvalue weighted by Gasteiger charge is 2.05. The van der Waals surface area contributed by atoms with Crippen molar-refractivity contribution in [3.05, 3.63) is 70.0 Å². The Hall–Kier alpha value is -2.87. The van der Waals surface area contributed by atoms with Crippen LogP contribution in [-0.2, 0) is 0 Å². The highest BCUT2D eigenvalue weighted by atomic mass is 32.1. The smallest absolute Gasteiger partial charge is 0.269 e. The molecular formula is C15H13FN4O2S. The van der Waals surface area contributed by atoms with Crippen molar-refractivity contribution in [1.29, 1.82) is 0 Å². The molecule has 0 spiro atoms. The van der Waals surface area contributed by atoms with Crippen LogP contribution in [0.2, 0.25) is 0 Å². The summed E-state index contributed by atoms with van der Waals surface area (Å²) in [4.78, 5) is 10.1. The maximum Gasteiger partial charge on any atom is 0.269 e. The molecule has 6 nitrogen and oxygen atoms in total. The van der Waals surface area contributed by atoms with Crippen molar-refractivity contribution in [2.24, 2.45) is 5.10 Å². The molecule has 0 heterocycles. The van der Waals surface area contributed by atoms with E-state index < -0.39 is 4.92 Å². The predicted octanol–water partition coefficient (Wildman–Crippen LogP) is 3.44. The molecule has 118 valence electrons. The number of nitrogens with zero attached hydrogens (tertiary/aromatic N) is 2. The molecule has 0 atom stereocenters. The van der Waals surface area contributed by atoms with E-state index in [0.717, 1.165) is 5.56 Å². The van der Waals surface area contributed by atoms with E-state index in [0.29, 0.717) is 11.4 Å². The van der Waals surface area contributed by atoms with Crippen molar-refractivity contribution in [2.75, 3.05) is 5.32 Å². The number of hydrogen-bond acceptors (Lipinski definition) is 4. The van der Waals surface area contributed by atoms with E-state index in [9.17, 15) is 14.5 Å². The van der Waals surface area contributed by atoms with E-state index in [-0.39, 0.29) is 16.6 Å². The summed E-state index contributed by atoms with van der Waals surface area (Å²) in [6.07, 6.45) is 0. The molecule has 2 aromatic carbocycles. The van der Waals surface area contributed by atoms with Crippen molar-refractivity contribution >= 4 is 34.4 Å². The van der Waals surface area contributed by atoms with Gasteiger partial charge in [0, 0.05) is 17.8 Å². The van der Waals surface area contributed by atoms with E-state index in [1.807, 2.05) is 0 Å². The summed E-state index contributed by atoms with van der Waals surface area (Å²) >= 11 is 5.08. The first-order valence-electron chi connectivity index (χ1n) is 6.57. The van der Waals surface area contributed by atoms with Crippen molar-refractivity contribution in [1.82, 2.24) is 5.43 Å². The Morgan fingerprint density at radius 1 is 1.17 bits per heavy atom. The maximum atomic E-state index is 12.8. The SMILES string of the molecule is C/C(=N/NC(=S)Nc1ccc(F)cc1)c1ccc([N+](=O)[O-])cc1. The van der Waals surface area contributed by atoms with E-state index in [4.69, 9.17) is 12.2 Å². The minimum atomic E-state index is -0.462. The third-order valence-corrected chi connectivity index (χ3v) is 3.12. The van der Waals surface area contributed by atoms with Gasteiger partial charge in [0.1, 0.15) is 5.82 Å². The van der Waals surface area contributed by atoms with Gasteiger partial charge in [-0.1, -0.05) is 0 Å². The third kappa shape index (κ3) is 4.82. The van der Waals surface area contributed by atoms with Gasteiger partial charge in [-0.2, -0.15) is 5.10 Å². The molecule has 0 bridgehead atoms. The molecule has 0 aliphatic rings. The largest absolute Gasteiger partial charge is 0.331 e. The predicted molar refractivity (Wildman–Crippen MR) is 91.1 cm³/mol. The summed E-state index contributed by atoms with van der Waals surface area (Å²) in [6.45, 7) is 1.74. The van der Waals surface area contributed by atoms with Crippen LogP contribution >= 0.6 is 12.2 Å². The molecule has 2 N–H and O–H groups in total. The van der Waals surface area contributed by atoms with Gasteiger partial charge >= 0.3 is 0 Å². The number of hydrazone groups is 1. The van der Waals surface area contributed by atoms with Gasteiger partial charge in [0.25, 0.3) is 5.69 Å². The van der Waals surface area contributed by atoms with Gasteiger partial charge in [-0.25, -0.2) is 4.39 Å². The summed E-state index contributed by atoms with van der Waals surface area (Å²) in [5.74, 6) is -0.332. The Kier molecular flexibility index (Phi) is 5.32. The highest BCUT2D eigenvalue weighted by molar-refractivity contribution is 7.80. The van der Waals surface area contributed by atoms with Crippen molar-refractivity contribution in [3.8, 4) is 0 Å². The molecule has 0 radical (unpaired) electrons. The number of halogens is 1. The number of non-ortho nitro benzene ring substituents is 1. The fourth-order valence-electron chi connectivity index (χ4n) is 1.72. The fraction of sp³-hybridized carbons (Fsp3) is 0.0667. The van der Waals surface area contributed by atoms with Gasteiger partial charge in [-0.05, 0) is 61.1 Å². The number of rotatable bonds is 4. The molecule has 0 amide bonds. The lowest BCUT2D eigenvalue weighted by Crippen LogP contribution is -2.24. The molecule has 8 heteroatoms. The third-order valence-electron chi connectivity index (χ3n) is 2.92. The monoisotopic (exact) mass is 332 g/mol. The second kappa shape index (κ2) is 7.41. The number of thiocarbonyl (C=S) groups is 1. The number of nitro groups is 1. The number of anilines is 1. The zero-order chi connectivity index (χ0) is 16.8. The Morgan fingerprint density at radius 2 is 1.78 bits per heavy atom. The first kappa shape index (κ1) is 16.5. The fourth-order valence-corrected chi connectivity index (χ4v) is 1.88. The number of benzene rings is 2. The van der Waals surface area contributed by atoms with Gasteiger partial charge in [-0.3, -0.25) is 15.5 Å². The summed E-state index contributed by atoms with van der Waals surface area (Å²) in [7, 11) is 0. The minimum Gasteiger partial charge on any atom is -0.331 e. The average Bonchev–Trinajstić information content (AvgIpc) is 2.55. The average molecular weight is 332 g/mol. The topological polar surface area (TPSA) is 79.6 Å². The van der Waals surface area contributed by atoms with E-state index in [1.165, 1.54) is 24.3 Å². The molecule has 2 rings (SSSR count). The van der Waals surface area contributed by atoms with E-state index in [1.54, 1.807) is 31.2 Å². The summed E-state index contributed by atoms with van der Waals surface area (Å²) < 4.78 is 12.8. The maximum absolute atomic E-state index is 12.8. The Bertz CT molecular complexity index is 745. The second-order valence-corrected chi connectivity index (χ2v) is 4.98. The van der Waals surface area contributed by atoms with E-state index >= 15 is 0 Å². The minimum absolute atomic E-state index is 0.0167. The van der Waals surface area contributed by atoms with Crippen molar-refractivity contribution in [3.63, 3.8) is 0 Å². The highest BCUT2D eigenvalue weighted by Crippen LogP contribution is 2.12. The standard InChI is InChI=1S/C15H13FN4O2S/c1-10(11-2-8-14(9-3-11)20(21)22)18-19-15(23)17-13-6-4-12(16)5-7-13/h2-9H,1H3,(H2,17,19,23)/b18-10-. The van der Waals surface area contributed by atoms with Crippen LogP contribution in [0.5, 0.6) is 0 Å². The first-order chi connectivity index (χ1) is 11.0. The molecule has 23 heavy (non-hydrogen) atoms. The van der Waals surface area contributed by atoms with Crippen molar-refractivity contribution < 1.29 is 9.31 Å². The quantitative estimate of drug-likeness (QED) is 0.388. The molecule has 0 unspecified atom stereocenters. The molecule has 0 fully saturated rings. The van der Waals surface area contributed by atoms with Gasteiger partial charge < -0.3 is 5.32 Å². The Labute approximate surface area is 137 Å². The zero-order valence-electron chi connectivity index (χ0n) is 12.1. The van der Waals surface area contributed by atoms with Gasteiger partial charge in [0.15, 0.2) is 5.11 Å². The normalized spacial score (nSPS) is 11.0. The summed E-state index contributed by atoms with van der Waals surface area (Å²) in [5, 5.41) is 17.8. The summed E-state index contributed by atoms with van der Waals surface area (Å²) in [5.41, 5.74) is 4.65. The van der Waals surface area contributed by atoms with Gasteiger partial charge in [-0.15, -0.1) is 0 Å². The van der Waals surface area contributed by atoms with Crippen molar-refractivity contribution in [2.45, 2.75) is 6.92 Å². The Balaban J connectivity index is 1.96. The van der Waals surface area contributed by atoms with Crippen LogP contribution in [0.1, 0.15) is 12.5 Å². The van der Waals surface area contributed by atoms with Crippen LogP contribution in [0.25, 0.3) is 0 Å². The molecule has 0 aliphatic carbocycles. The molecular weight excluding hydrogens is 319 g/mol. The number of nitro benzene ring substituents is 1. The lowest BCUT2D eigenvalue weighted by Gasteiger charge is -2.08. The Morgan fingerprint density at radius 3 is 2.35 bits per heavy atom. The van der Waals surface area contributed by atoms with Crippen LogP contribution in [0.3, 0.4) is 0 Å². The lowest BCUT2D eigenvalue weighted by atomic mass is 10.1. The molecule has 2 aromatic rings. The van der Waals surface area contributed by atoms with Crippen LogP contribution in [-0.4, -0.2) is 15.7 Å². The lowest BCUT2D eigenvalue weighted by molar-refractivity contribution is -0.384. The zero-order valence-corrected chi connectivity index (χ0v) is 12.9. The number of nitrogens with one attached hydrogen (secondary N) is 2. The van der Waals surface area contributed by atoms with E-state index in [2.05, 4.69) is 15.8 Å². The van der Waals surface area contributed by atoms with Gasteiger partial charge in [0.05, 0.1) is 10.6 Å².